The summed E-state index contributed by atoms with van der Waals surface area (Å²) < 4.78 is 7.71. The lowest BCUT2D eigenvalue weighted by Crippen LogP contribution is -2.44. The fourth-order valence-corrected chi connectivity index (χ4v) is 3.66. The number of carbonyl (C=O) groups is 1. The van der Waals surface area contributed by atoms with Crippen molar-refractivity contribution in [3.63, 3.8) is 0 Å². The number of nitrogens with zero attached hydrogens (tertiary/aromatic N) is 3. The van der Waals surface area contributed by atoms with Crippen LogP contribution in [0.1, 0.15) is 18.4 Å². The molecule has 2 atom stereocenters. The van der Waals surface area contributed by atoms with Gasteiger partial charge >= 0.3 is 0 Å². The Hall–Kier alpha value is -2.30. The van der Waals surface area contributed by atoms with Gasteiger partial charge in [-0.05, 0) is 37.0 Å². The molecule has 2 unspecified atom stereocenters. The van der Waals surface area contributed by atoms with Crippen molar-refractivity contribution in [1.29, 1.82) is 0 Å². The normalized spacial score (nSPS) is 23.4. The van der Waals surface area contributed by atoms with Gasteiger partial charge in [0, 0.05) is 18.9 Å². The summed E-state index contributed by atoms with van der Waals surface area (Å²) >= 11 is 0. The highest BCUT2D eigenvalue weighted by Crippen LogP contribution is 2.29. The van der Waals surface area contributed by atoms with Gasteiger partial charge in [0.15, 0.2) is 0 Å². The Morgan fingerprint density at radius 1 is 1.30 bits per heavy atom. The van der Waals surface area contributed by atoms with Crippen LogP contribution in [0.5, 0.6) is 5.75 Å². The number of hydrogen-bond acceptors (Lipinski definition) is 3. The van der Waals surface area contributed by atoms with E-state index in [-0.39, 0.29) is 17.9 Å². The predicted molar refractivity (Wildman–Crippen MR) is 86.1 cm³/mol. The number of benzene rings is 1. The minimum absolute atomic E-state index is 0.0666. The maximum Gasteiger partial charge on any atom is 0.229 e. The molecule has 0 N–H and O–H groups in total. The van der Waals surface area contributed by atoms with Crippen molar-refractivity contribution in [3.8, 4) is 5.75 Å². The van der Waals surface area contributed by atoms with Gasteiger partial charge < -0.3 is 9.64 Å². The van der Waals surface area contributed by atoms with Crippen molar-refractivity contribution < 1.29 is 9.53 Å². The van der Waals surface area contributed by atoms with Gasteiger partial charge in [0.1, 0.15) is 12.4 Å². The lowest BCUT2D eigenvalue weighted by molar-refractivity contribution is -0.138. The molecule has 5 nitrogen and oxygen atoms in total. The van der Waals surface area contributed by atoms with Crippen molar-refractivity contribution >= 4 is 5.91 Å². The fraction of sp³-hybridized carbons (Fsp3) is 0.444. The molecule has 1 fully saturated rings. The van der Waals surface area contributed by atoms with Gasteiger partial charge in [-0.1, -0.05) is 18.2 Å². The molecule has 3 heterocycles. The van der Waals surface area contributed by atoms with E-state index in [4.69, 9.17) is 4.74 Å². The molecule has 1 amide bonds. The lowest BCUT2D eigenvalue weighted by Gasteiger charge is -2.31. The maximum atomic E-state index is 13.0. The molecular weight excluding hydrogens is 290 g/mol. The van der Waals surface area contributed by atoms with Gasteiger partial charge in [-0.2, -0.15) is 5.10 Å². The zero-order valence-corrected chi connectivity index (χ0v) is 13.1. The molecule has 0 aliphatic carbocycles. The SMILES string of the molecule is O=C(C1COc2ccccc2C1)N1CCCC1Cn1cccn1. The standard InChI is InChI=1S/C18H21N3O2/c22-18(15-11-14-5-1-2-7-17(14)23-13-15)21-10-3-6-16(21)12-20-9-4-8-19-20/h1-2,4-5,7-9,15-16H,3,6,10-13H2. The van der Waals surface area contributed by atoms with Crippen LogP contribution < -0.4 is 4.74 Å². The van der Waals surface area contributed by atoms with Crippen LogP contribution in [0.2, 0.25) is 0 Å². The third-order valence-electron chi connectivity index (χ3n) is 4.85. The molecule has 2 aliphatic heterocycles. The van der Waals surface area contributed by atoms with Crippen molar-refractivity contribution in [2.45, 2.75) is 31.8 Å². The van der Waals surface area contributed by atoms with Crippen LogP contribution in [-0.2, 0) is 17.8 Å². The third-order valence-corrected chi connectivity index (χ3v) is 4.85. The van der Waals surface area contributed by atoms with Crippen LogP contribution >= 0.6 is 0 Å². The molecule has 1 saturated heterocycles. The first-order valence-electron chi connectivity index (χ1n) is 8.30. The van der Waals surface area contributed by atoms with Crippen LogP contribution in [-0.4, -0.2) is 39.8 Å². The second kappa shape index (κ2) is 6.07. The summed E-state index contributed by atoms with van der Waals surface area (Å²) in [5.41, 5.74) is 1.14. The number of hydrogen-bond donors (Lipinski definition) is 0. The van der Waals surface area contributed by atoms with E-state index < -0.39 is 0 Å². The molecule has 1 aromatic heterocycles. The minimum Gasteiger partial charge on any atom is -0.492 e. The molecule has 2 aliphatic rings. The number of aromatic nitrogens is 2. The van der Waals surface area contributed by atoms with Crippen molar-refractivity contribution in [2.75, 3.05) is 13.2 Å². The summed E-state index contributed by atoms with van der Waals surface area (Å²) in [5.74, 6) is 1.09. The van der Waals surface area contributed by atoms with Crippen molar-refractivity contribution in [3.05, 3.63) is 48.3 Å². The summed E-state index contributed by atoms with van der Waals surface area (Å²) in [6.07, 6.45) is 6.64. The molecule has 23 heavy (non-hydrogen) atoms. The van der Waals surface area contributed by atoms with E-state index in [1.54, 1.807) is 6.20 Å². The average Bonchev–Trinajstić information content (AvgIpc) is 3.26. The summed E-state index contributed by atoms with van der Waals surface area (Å²) in [4.78, 5) is 15.0. The number of para-hydroxylation sites is 1. The summed E-state index contributed by atoms with van der Waals surface area (Å²) in [6, 6.07) is 10.2. The highest BCUT2D eigenvalue weighted by Gasteiger charge is 2.35. The molecular formula is C18H21N3O2. The lowest BCUT2D eigenvalue weighted by atomic mass is 9.95. The Labute approximate surface area is 135 Å². The van der Waals surface area contributed by atoms with E-state index >= 15 is 0 Å². The van der Waals surface area contributed by atoms with E-state index in [1.807, 2.05) is 40.0 Å². The fourth-order valence-electron chi connectivity index (χ4n) is 3.66. The smallest absolute Gasteiger partial charge is 0.229 e. The van der Waals surface area contributed by atoms with E-state index in [9.17, 15) is 4.79 Å². The van der Waals surface area contributed by atoms with Crippen LogP contribution in [0.4, 0.5) is 0 Å². The van der Waals surface area contributed by atoms with Crippen LogP contribution in [0, 0.1) is 5.92 Å². The number of fused-ring (bicyclic) bond motifs is 1. The maximum absolute atomic E-state index is 13.0. The van der Waals surface area contributed by atoms with Gasteiger partial charge in [0.2, 0.25) is 5.91 Å². The zero-order valence-electron chi connectivity index (χ0n) is 13.1. The van der Waals surface area contributed by atoms with Crippen molar-refractivity contribution in [2.24, 2.45) is 5.92 Å². The first-order chi connectivity index (χ1) is 11.3. The topological polar surface area (TPSA) is 47.4 Å². The highest BCUT2D eigenvalue weighted by atomic mass is 16.5. The number of rotatable bonds is 3. The molecule has 120 valence electrons. The van der Waals surface area contributed by atoms with Gasteiger partial charge in [-0.15, -0.1) is 0 Å². The number of carbonyl (C=O) groups excluding carboxylic acids is 1. The quantitative estimate of drug-likeness (QED) is 0.872. The Balaban J connectivity index is 1.46. The monoisotopic (exact) mass is 311 g/mol. The largest absolute Gasteiger partial charge is 0.492 e. The number of amides is 1. The minimum atomic E-state index is -0.0666. The number of ether oxygens (including phenoxy) is 1. The van der Waals surface area contributed by atoms with Crippen LogP contribution in [0.3, 0.4) is 0 Å². The Bertz CT molecular complexity index is 683. The Kier molecular flexibility index (Phi) is 3.77. The van der Waals surface area contributed by atoms with Gasteiger partial charge in [0.25, 0.3) is 0 Å². The Morgan fingerprint density at radius 2 is 2.22 bits per heavy atom. The molecule has 1 aromatic carbocycles. The second-order valence-electron chi connectivity index (χ2n) is 6.38. The van der Waals surface area contributed by atoms with Crippen molar-refractivity contribution in [1.82, 2.24) is 14.7 Å². The molecule has 5 heteroatoms. The number of likely N-dealkylation sites (tertiary alicyclic amines) is 1. The highest BCUT2D eigenvalue weighted by molar-refractivity contribution is 5.80. The van der Waals surface area contributed by atoms with E-state index in [0.717, 1.165) is 43.7 Å². The predicted octanol–water partition coefficient (Wildman–Crippen LogP) is 2.13. The summed E-state index contributed by atoms with van der Waals surface area (Å²) in [5, 5.41) is 4.27. The molecule has 0 radical (unpaired) electrons. The van der Waals surface area contributed by atoms with Crippen LogP contribution in [0.15, 0.2) is 42.7 Å². The van der Waals surface area contributed by atoms with E-state index in [2.05, 4.69) is 11.2 Å². The van der Waals surface area contributed by atoms with E-state index in [0.29, 0.717) is 6.61 Å². The molecule has 0 saturated carbocycles. The second-order valence-corrected chi connectivity index (χ2v) is 6.38. The first kappa shape index (κ1) is 14.3. The van der Waals surface area contributed by atoms with E-state index in [1.165, 1.54) is 0 Å². The third kappa shape index (κ3) is 2.83. The van der Waals surface area contributed by atoms with Gasteiger partial charge in [0.05, 0.1) is 18.5 Å². The molecule has 0 spiro atoms. The van der Waals surface area contributed by atoms with Gasteiger partial charge in [-0.25, -0.2) is 0 Å². The van der Waals surface area contributed by atoms with Crippen LogP contribution in [0.25, 0.3) is 0 Å². The summed E-state index contributed by atoms with van der Waals surface area (Å²) in [6.45, 7) is 2.12. The summed E-state index contributed by atoms with van der Waals surface area (Å²) in [7, 11) is 0. The zero-order chi connectivity index (χ0) is 15.6. The molecule has 2 aromatic rings. The first-order valence-corrected chi connectivity index (χ1v) is 8.30. The Morgan fingerprint density at radius 3 is 3.09 bits per heavy atom. The average molecular weight is 311 g/mol. The van der Waals surface area contributed by atoms with Gasteiger partial charge in [-0.3, -0.25) is 9.48 Å². The molecule has 0 bridgehead atoms. The molecule has 4 rings (SSSR count).